The molecule has 2 aromatic rings. The summed E-state index contributed by atoms with van der Waals surface area (Å²) in [6, 6.07) is 15.4. The first-order valence-corrected chi connectivity index (χ1v) is 9.76. The molecule has 7 nitrogen and oxygen atoms in total. The first-order chi connectivity index (χ1) is 14.6. The SMILES string of the molecule is C=C(COc1cccc(OC)c1)N1CCN(c2ccccc2/C=C/C(=O)NO)CC1. The molecule has 30 heavy (non-hydrogen) atoms. The van der Waals surface area contributed by atoms with Gasteiger partial charge in [-0.2, -0.15) is 0 Å². The minimum Gasteiger partial charge on any atom is -0.497 e. The van der Waals surface area contributed by atoms with Crippen LogP contribution in [0.2, 0.25) is 0 Å². The van der Waals surface area contributed by atoms with E-state index in [4.69, 9.17) is 14.7 Å². The van der Waals surface area contributed by atoms with Crippen molar-refractivity contribution in [2.24, 2.45) is 0 Å². The van der Waals surface area contributed by atoms with E-state index >= 15 is 0 Å². The van der Waals surface area contributed by atoms with E-state index in [1.807, 2.05) is 48.5 Å². The lowest BCUT2D eigenvalue weighted by Crippen LogP contribution is -2.46. The Morgan fingerprint density at radius 2 is 1.87 bits per heavy atom. The van der Waals surface area contributed by atoms with E-state index in [-0.39, 0.29) is 0 Å². The van der Waals surface area contributed by atoms with Crippen LogP contribution in [-0.2, 0) is 4.79 Å². The third kappa shape index (κ3) is 5.55. The standard InChI is InChI=1S/C23H27N3O4/c1-18(17-30-21-8-5-7-20(16-21)29-2)25-12-14-26(15-13-25)22-9-4-3-6-19(22)10-11-23(27)24-28/h3-11,16,28H,1,12-15,17H2,2H3,(H,24,27)/b11-10+. The maximum Gasteiger partial charge on any atom is 0.267 e. The highest BCUT2D eigenvalue weighted by atomic mass is 16.5. The molecule has 7 heteroatoms. The van der Waals surface area contributed by atoms with Gasteiger partial charge in [-0.1, -0.05) is 30.8 Å². The summed E-state index contributed by atoms with van der Waals surface area (Å²) in [4.78, 5) is 15.8. The molecule has 2 N–H and O–H groups in total. The first kappa shape index (κ1) is 21.3. The molecule has 158 valence electrons. The molecular formula is C23H27N3O4. The fourth-order valence-electron chi connectivity index (χ4n) is 3.33. The largest absolute Gasteiger partial charge is 0.497 e. The zero-order chi connectivity index (χ0) is 21.3. The van der Waals surface area contributed by atoms with Gasteiger partial charge in [-0.15, -0.1) is 0 Å². The molecule has 2 aromatic carbocycles. The second-order valence-electron chi connectivity index (χ2n) is 6.88. The second-order valence-corrected chi connectivity index (χ2v) is 6.88. The van der Waals surface area contributed by atoms with Gasteiger partial charge in [-0.3, -0.25) is 10.0 Å². The van der Waals surface area contributed by atoms with Gasteiger partial charge in [0.1, 0.15) is 18.1 Å². The van der Waals surface area contributed by atoms with Crippen LogP contribution in [0.15, 0.2) is 66.9 Å². The zero-order valence-corrected chi connectivity index (χ0v) is 17.1. The molecule has 0 radical (unpaired) electrons. The predicted molar refractivity (Wildman–Crippen MR) is 117 cm³/mol. The number of carbonyl (C=O) groups is 1. The summed E-state index contributed by atoms with van der Waals surface area (Å²) in [6.45, 7) is 7.92. The highest BCUT2D eigenvalue weighted by Crippen LogP contribution is 2.24. The van der Waals surface area contributed by atoms with Gasteiger partial charge in [0.05, 0.1) is 7.11 Å². The van der Waals surface area contributed by atoms with Crippen molar-refractivity contribution in [1.82, 2.24) is 10.4 Å². The van der Waals surface area contributed by atoms with Crippen molar-refractivity contribution in [3.63, 3.8) is 0 Å². The van der Waals surface area contributed by atoms with Gasteiger partial charge >= 0.3 is 0 Å². The normalized spacial score (nSPS) is 13.9. The van der Waals surface area contributed by atoms with E-state index in [9.17, 15) is 4.79 Å². The third-order valence-electron chi connectivity index (χ3n) is 4.98. The van der Waals surface area contributed by atoms with E-state index in [0.29, 0.717) is 6.61 Å². The van der Waals surface area contributed by atoms with E-state index in [1.165, 1.54) is 6.08 Å². The number of carbonyl (C=O) groups excluding carboxylic acids is 1. The van der Waals surface area contributed by atoms with Gasteiger partial charge in [0.2, 0.25) is 0 Å². The molecule has 1 aliphatic heterocycles. The molecule has 0 atom stereocenters. The Kier molecular flexibility index (Phi) is 7.34. The summed E-state index contributed by atoms with van der Waals surface area (Å²) in [6.07, 6.45) is 3.01. The number of amides is 1. The Labute approximate surface area is 176 Å². The number of methoxy groups -OCH3 is 1. The minimum absolute atomic E-state index is 0.419. The van der Waals surface area contributed by atoms with Gasteiger partial charge in [-0.05, 0) is 29.8 Å². The lowest BCUT2D eigenvalue weighted by Gasteiger charge is -2.38. The summed E-state index contributed by atoms with van der Waals surface area (Å²) in [5.74, 6) is 0.958. The fourth-order valence-corrected chi connectivity index (χ4v) is 3.33. The van der Waals surface area contributed by atoms with Crippen molar-refractivity contribution in [3.05, 3.63) is 72.4 Å². The molecule has 1 amide bonds. The first-order valence-electron chi connectivity index (χ1n) is 9.76. The summed E-state index contributed by atoms with van der Waals surface area (Å²) in [5.41, 5.74) is 4.52. The molecule has 0 aliphatic carbocycles. The summed E-state index contributed by atoms with van der Waals surface area (Å²) < 4.78 is 11.1. The number of para-hydroxylation sites is 1. The van der Waals surface area contributed by atoms with E-state index in [2.05, 4.69) is 16.4 Å². The number of hydrogen-bond donors (Lipinski definition) is 2. The third-order valence-corrected chi connectivity index (χ3v) is 4.98. The minimum atomic E-state index is -0.554. The Balaban J connectivity index is 1.55. The number of anilines is 1. The highest BCUT2D eigenvalue weighted by Gasteiger charge is 2.19. The van der Waals surface area contributed by atoms with Crippen molar-refractivity contribution >= 4 is 17.7 Å². The molecule has 3 rings (SSSR count). The summed E-state index contributed by atoms with van der Waals surface area (Å²) in [5, 5.41) is 8.66. The van der Waals surface area contributed by atoms with E-state index < -0.39 is 5.91 Å². The van der Waals surface area contributed by atoms with Crippen molar-refractivity contribution in [1.29, 1.82) is 0 Å². The Hall–Kier alpha value is -3.45. The number of ether oxygens (including phenoxy) is 2. The smallest absolute Gasteiger partial charge is 0.267 e. The number of piperazine rings is 1. The van der Waals surface area contributed by atoms with Gasteiger partial charge in [0, 0.05) is 49.7 Å². The average Bonchev–Trinajstić information content (AvgIpc) is 2.81. The quantitative estimate of drug-likeness (QED) is 0.397. The molecule has 0 spiro atoms. The summed E-state index contributed by atoms with van der Waals surface area (Å²) >= 11 is 0. The second kappa shape index (κ2) is 10.4. The predicted octanol–water partition coefficient (Wildman–Crippen LogP) is 2.93. The van der Waals surface area contributed by atoms with Crippen LogP contribution in [0.1, 0.15) is 5.56 Å². The van der Waals surface area contributed by atoms with Crippen LogP contribution in [0.4, 0.5) is 5.69 Å². The lowest BCUT2D eigenvalue weighted by atomic mass is 10.1. The maximum atomic E-state index is 11.3. The Bertz CT molecular complexity index is 905. The van der Waals surface area contributed by atoms with Crippen molar-refractivity contribution in [2.45, 2.75) is 0 Å². The molecule has 0 saturated carbocycles. The monoisotopic (exact) mass is 409 g/mol. The van der Waals surface area contributed by atoms with Crippen LogP contribution in [0.25, 0.3) is 6.08 Å². The Morgan fingerprint density at radius 1 is 1.13 bits per heavy atom. The number of hydrogen-bond acceptors (Lipinski definition) is 6. The fraction of sp³-hybridized carbons (Fsp3) is 0.261. The number of nitrogens with zero attached hydrogens (tertiary/aromatic N) is 2. The van der Waals surface area contributed by atoms with Gasteiger partial charge in [0.25, 0.3) is 5.91 Å². The molecule has 1 aliphatic rings. The van der Waals surface area contributed by atoms with Crippen LogP contribution in [0.5, 0.6) is 11.5 Å². The number of hydroxylamine groups is 1. The van der Waals surface area contributed by atoms with E-state index in [0.717, 1.165) is 54.6 Å². The van der Waals surface area contributed by atoms with Gasteiger partial charge < -0.3 is 19.3 Å². The van der Waals surface area contributed by atoms with Gasteiger partial charge in [-0.25, -0.2) is 5.48 Å². The maximum absolute atomic E-state index is 11.3. The molecule has 1 saturated heterocycles. The number of rotatable bonds is 8. The highest BCUT2D eigenvalue weighted by molar-refractivity contribution is 5.91. The number of nitrogens with one attached hydrogen (secondary N) is 1. The molecular weight excluding hydrogens is 382 g/mol. The van der Waals surface area contributed by atoms with Crippen LogP contribution in [0.3, 0.4) is 0 Å². The van der Waals surface area contributed by atoms with Crippen LogP contribution >= 0.6 is 0 Å². The molecule has 0 unspecified atom stereocenters. The lowest BCUT2D eigenvalue weighted by molar-refractivity contribution is -0.124. The molecule has 1 heterocycles. The molecule has 0 bridgehead atoms. The average molecular weight is 409 g/mol. The summed E-state index contributed by atoms with van der Waals surface area (Å²) in [7, 11) is 1.63. The van der Waals surface area contributed by atoms with Crippen LogP contribution < -0.4 is 19.9 Å². The van der Waals surface area contributed by atoms with Crippen LogP contribution in [-0.4, -0.2) is 55.9 Å². The number of benzene rings is 2. The Morgan fingerprint density at radius 3 is 2.60 bits per heavy atom. The van der Waals surface area contributed by atoms with Gasteiger partial charge in [0.15, 0.2) is 0 Å². The molecule has 0 aromatic heterocycles. The van der Waals surface area contributed by atoms with Crippen LogP contribution in [0, 0.1) is 0 Å². The van der Waals surface area contributed by atoms with Crippen molar-refractivity contribution in [3.8, 4) is 11.5 Å². The van der Waals surface area contributed by atoms with Crippen molar-refractivity contribution < 1.29 is 19.5 Å². The zero-order valence-electron chi connectivity index (χ0n) is 17.1. The van der Waals surface area contributed by atoms with Crippen molar-refractivity contribution in [2.75, 3.05) is 44.8 Å². The topological polar surface area (TPSA) is 74.3 Å². The van der Waals surface area contributed by atoms with E-state index in [1.54, 1.807) is 18.7 Å². The molecule has 1 fully saturated rings.